The van der Waals surface area contributed by atoms with Gasteiger partial charge in [-0.3, -0.25) is 0 Å². The van der Waals surface area contributed by atoms with E-state index in [0.717, 1.165) is 19.3 Å². The molecule has 1 atom stereocenters. The van der Waals surface area contributed by atoms with E-state index in [9.17, 15) is 9.36 Å². The monoisotopic (exact) mass is 233 g/mol. The highest BCUT2D eigenvalue weighted by Gasteiger charge is 2.30. The molecule has 0 fully saturated rings. The SMILES string of the molecule is CCCCCCCC(=O)[P+](=O)OC(C)C. The summed E-state index contributed by atoms with van der Waals surface area (Å²) in [5.74, 6) is 0. The summed E-state index contributed by atoms with van der Waals surface area (Å²) in [4.78, 5) is 11.3. The van der Waals surface area contributed by atoms with Gasteiger partial charge in [0.1, 0.15) is 6.10 Å². The normalized spacial score (nSPS) is 11.9. The van der Waals surface area contributed by atoms with Crippen LogP contribution < -0.4 is 0 Å². The van der Waals surface area contributed by atoms with Crippen LogP contribution in [0.4, 0.5) is 0 Å². The van der Waals surface area contributed by atoms with E-state index in [-0.39, 0.29) is 11.6 Å². The van der Waals surface area contributed by atoms with Gasteiger partial charge in [-0.2, -0.15) is 0 Å². The van der Waals surface area contributed by atoms with Crippen molar-refractivity contribution in [1.82, 2.24) is 0 Å². The zero-order valence-corrected chi connectivity index (χ0v) is 10.9. The molecule has 0 radical (unpaired) electrons. The van der Waals surface area contributed by atoms with E-state index in [1.807, 2.05) is 0 Å². The lowest BCUT2D eigenvalue weighted by Gasteiger charge is -1.96. The van der Waals surface area contributed by atoms with Crippen LogP contribution in [0.15, 0.2) is 0 Å². The highest BCUT2D eigenvalue weighted by atomic mass is 31.1. The Morgan fingerprint density at radius 3 is 2.33 bits per heavy atom. The van der Waals surface area contributed by atoms with Crippen LogP contribution in [-0.2, 0) is 13.9 Å². The smallest absolute Gasteiger partial charge is 0.237 e. The number of unbranched alkanes of at least 4 members (excludes halogenated alkanes) is 4. The summed E-state index contributed by atoms with van der Waals surface area (Å²) in [5, 5.41) is 0. The minimum absolute atomic E-state index is 0.141. The van der Waals surface area contributed by atoms with E-state index >= 15 is 0 Å². The summed E-state index contributed by atoms with van der Waals surface area (Å²) in [5.41, 5.74) is -0.241. The summed E-state index contributed by atoms with van der Waals surface area (Å²) < 4.78 is 16.2. The molecule has 1 unspecified atom stereocenters. The minimum atomic E-state index is -2.09. The van der Waals surface area contributed by atoms with Crippen LogP contribution in [0.25, 0.3) is 0 Å². The molecule has 0 aliphatic heterocycles. The first-order valence-electron chi connectivity index (χ1n) is 5.74. The summed E-state index contributed by atoms with van der Waals surface area (Å²) in [6, 6.07) is 0. The van der Waals surface area contributed by atoms with Crippen molar-refractivity contribution in [3.63, 3.8) is 0 Å². The average Bonchev–Trinajstić information content (AvgIpc) is 2.16. The summed E-state index contributed by atoms with van der Waals surface area (Å²) in [6.07, 6.45) is 5.70. The molecule has 0 bridgehead atoms. The third kappa shape index (κ3) is 8.71. The number of hydrogen-bond acceptors (Lipinski definition) is 3. The molecule has 15 heavy (non-hydrogen) atoms. The summed E-state index contributed by atoms with van der Waals surface area (Å²) in [6.45, 7) is 5.71. The van der Waals surface area contributed by atoms with Gasteiger partial charge in [-0.15, -0.1) is 4.52 Å². The standard InChI is InChI=1S/C11H22O3P/c1-4-5-6-7-8-9-11(12)15(13)14-10(2)3/h10H,4-9H2,1-3H3/q+1. The molecule has 0 aromatic carbocycles. The second-order valence-corrected chi connectivity index (χ2v) is 5.19. The molecule has 4 heteroatoms. The first-order valence-corrected chi connectivity index (χ1v) is 6.92. The van der Waals surface area contributed by atoms with Gasteiger partial charge in [0.15, 0.2) is 0 Å². The second kappa shape index (κ2) is 8.99. The quantitative estimate of drug-likeness (QED) is 0.446. The van der Waals surface area contributed by atoms with E-state index in [0.29, 0.717) is 6.42 Å². The van der Waals surface area contributed by atoms with Gasteiger partial charge < -0.3 is 0 Å². The molecule has 0 saturated carbocycles. The number of carbonyl (C=O) groups is 1. The van der Waals surface area contributed by atoms with E-state index < -0.39 is 8.03 Å². The molecule has 0 N–H and O–H groups in total. The van der Waals surface area contributed by atoms with Crippen LogP contribution in [0.5, 0.6) is 0 Å². The van der Waals surface area contributed by atoms with Gasteiger partial charge in [-0.05, 0) is 24.8 Å². The maximum absolute atomic E-state index is 11.3. The van der Waals surface area contributed by atoms with Crippen molar-refractivity contribution in [3.05, 3.63) is 0 Å². The van der Waals surface area contributed by atoms with Gasteiger partial charge in [-0.25, -0.2) is 4.79 Å². The Balaban J connectivity index is 3.52. The van der Waals surface area contributed by atoms with Gasteiger partial charge >= 0.3 is 13.6 Å². The van der Waals surface area contributed by atoms with Crippen molar-refractivity contribution >= 4 is 13.6 Å². The third-order valence-corrected chi connectivity index (χ3v) is 3.25. The molecule has 88 valence electrons. The van der Waals surface area contributed by atoms with E-state index in [2.05, 4.69) is 6.92 Å². The fraction of sp³-hybridized carbons (Fsp3) is 0.909. The van der Waals surface area contributed by atoms with Crippen LogP contribution in [0.2, 0.25) is 0 Å². The largest absolute Gasteiger partial charge is 0.587 e. The molecular weight excluding hydrogens is 211 g/mol. The van der Waals surface area contributed by atoms with Gasteiger partial charge in [0, 0.05) is 0 Å². The molecule has 0 aromatic heterocycles. The van der Waals surface area contributed by atoms with Crippen LogP contribution >= 0.6 is 8.03 Å². The average molecular weight is 233 g/mol. The predicted molar refractivity (Wildman–Crippen MR) is 62.2 cm³/mol. The number of hydrogen-bond donors (Lipinski definition) is 0. The van der Waals surface area contributed by atoms with Crippen LogP contribution in [0, 0.1) is 0 Å². The van der Waals surface area contributed by atoms with Crippen molar-refractivity contribution in [2.75, 3.05) is 0 Å². The molecule has 0 aromatic rings. The lowest BCUT2D eigenvalue weighted by Crippen LogP contribution is -2.00. The highest BCUT2D eigenvalue weighted by molar-refractivity contribution is 7.59. The number of rotatable bonds is 9. The molecule has 0 aliphatic rings. The van der Waals surface area contributed by atoms with Crippen molar-refractivity contribution in [2.45, 2.75) is 65.4 Å². The first kappa shape index (κ1) is 14.7. The molecule has 0 heterocycles. The van der Waals surface area contributed by atoms with Crippen molar-refractivity contribution in [2.24, 2.45) is 0 Å². The van der Waals surface area contributed by atoms with Crippen molar-refractivity contribution in [1.29, 1.82) is 0 Å². The van der Waals surface area contributed by atoms with Gasteiger partial charge in [0.2, 0.25) is 0 Å². The lowest BCUT2D eigenvalue weighted by atomic mass is 10.1. The zero-order valence-electron chi connectivity index (χ0n) is 9.99. The Labute approximate surface area is 93.5 Å². The third-order valence-electron chi connectivity index (χ3n) is 2.00. The Kier molecular flexibility index (Phi) is 8.83. The Bertz CT molecular complexity index is 202. The Morgan fingerprint density at radius 2 is 1.80 bits per heavy atom. The molecule has 0 amide bonds. The topological polar surface area (TPSA) is 43.4 Å². The van der Waals surface area contributed by atoms with Gasteiger partial charge in [-0.1, -0.05) is 32.6 Å². The Hall–Kier alpha value is -0.270. The Morgan fingerprint density at radius 1 is 1.20 bits per heavy atom. The lowest BCUT2D eigenvalue weighted by molar-refractivity contribution is -0.112. The fourth-order valence-corrected chi connectivity index (χ4v) is 2.06. The predicted octanol–water partition coefficient (Wildman–Crippen LogP) is 4.04. The molecule has 0 aliphatic carbocycles. The highest BCUT2D eigenvalue weighted by Crippen LogP contribution is 2.28. The number of carbonyl (C=O) groups excluding carboxylic acids is 1. The van der Waals surface area contributed by atoms with Crippen LogP contribution in [0.1, 0.15) is 59.3 Å². The molecule has 0 spiro atoms. The first-order chi connectivity index (χ1) is 7.07. The van der Waals surface area contributed by atoms with Crippen LogP contribution in [0.3, 0.4) is 0 Å². The fourth-order valence-electron chi connectivity index (χ4n) is 1.22. The minimum Gasteiger partial charge on any atom is -0.237 e. The van der Waals surface area contributed by atoms with Gasteiger partial charge in [0.05, 0.1) is 6.42 Å². The molecule has 3 nitrogen and oxygen atoms in total. The molecule has 0 rings (SSSR count). The summed E-state index contributed by atoms with van der Waals surface area (Å²) >= 11 is 0. The summed E-state index contributed by atoms with van der Waals surface area (Å²) in [7, 11) is -2.09. The van der Waals surface area contributed by atoms with E-state index in [1.165, 1.54) is 12.8 Å². The van der Waals surface area contributed by atoms with E-state index in [1.54, 1.807) is 13.8 Å². The second-order valence-electron chi connectivity index (χ2n) is 3.97. The van der Waals surface area contributed by atoms with E-state index in [4.69, 9.17) is 4.52 Å². The van der Waals surface area contributed by atoms with Crippen molar-refractivity contribution in [3.8, 4) is 0 Å². The maximum Gasteiger partial charge on any atom is 0.587 e. The van der Waals surface area contributed by atoms with Crippen molar-refractivity contribution < 1.29 is 13.9 Å². The van der Waals surface area contributed by atoms with Crippen LogP contribution in [-0.4, -0.2) is 11.6 Å². The maximum atomic E-state index is 11.3. The van der Waals surface area contributed by atoms with Gasteiger partial charge in [0.25, 0.3) is 0 Å². The zero-order chi connectivity index (χ0) is 11.7. The molecule has 0 saturated heterocycles. The molecular formula is C11H22O3P+.